The van der Waals surface area contributed by atoms with Gasteiger partial charge in [0.2, 0.25) is 17.7 Å². The smallest absolute Gasteiger partial charge is 0.242 e. The highest BCUT2D eigenvalue weighted by atomic mass is 16.2. The molecule has 3 fully saturated rings. The van der Waals surface area contributed by atoms with Gasteiger partial charge in [0.15, 0.2) is 0 Å². The van der Waals surface area contributed by atoms with Gasteiger partial charge in [0, 0.05) is 38.3 Å². The minimum atomic E-state index is -0.501. The number of anilines is 1. The van der Waals surface area contributed by atoms with Gasteiger partial charge in [0.1, 0.15) is 6.54 Å². The Morgan fingerprint density at radius 1 is 1.04 bits per heavy atom. The largest absolute Gasteiger partial charge is 0.368 e. The Morgan fingerprint density at radius 3 is 2.39 bits per heavy atom. The van der Waals surface area contributed by atoms with Crippen LogP contribution in [0.5, 0.6) is 0 Å². The first-order chi connectivity index (χ1) is 13.4. The third kappa shape index (κ3) is 3.19. The third-order valence-electron chi connectivity index (χ3n) is 6.89. The van der Waals surface area contributed by atoms with Gasteiger partial charge in [0.05, 0.1) is 5.41 Å². The Balaban J connectivity index is 1.36. The number of aryl methyl sites for hydroxylation is 1. The summed E-state index contributed by atoms with van der Waals surface area (Å²) in [6, 6.07) is 6.31. The number of carbonyl (C=O) groups is 3. The normalized spacial score (nSPS) is 21.9. The highest BCUT2D eigenvalue weighted by molar-refractivity contribution is 6.08. The molecule has 1 spiro atoms. The number of benzene rings is 1. The van der Waals surface area contributed by atoms with E-state index >= 15 is 0 Å². The van der Waals surface area contributed by atoms with Crippen molar-refractivity contribution >= 4 is 23.4 Å². The molecule has 28 heavy (non-hydrogen) atoms. The molecule has 150 valence electrons. The molecule has 0 radical (unpaired) electrons. The second-order valence-electron chi connectivity index (χ2n) is 8.54. The Morgan fingerprint density at radius 2 is 1.71 bits per heavy atom. The van der Waals surface area contributed by atoms with Gasteiger partial charge < -0.3 is 9.80 Å². The van der Waals surface area contributed by atoms with Crippen molar-refractivity contribution in [2.24, 2.45) is 5.41 Å². The quantitative estimate of drug-likeness (QED) is 0.752. The van der Waals surface area contributed by atoms with E-state index in [1.807, 2.05) is 0 Å². The van der Waals surface area contributed by atoms with Gasteiger partial charge in [-0.3, -0.25) is 19.3 Å². The van der Waals surface area contributed by atoms with E-state index in [-0.39, 0.29) is 24.3 Å². The Hall–Kier alpha value is -2.37. The van der Waals surface area contributed by atoms with Crippen LogP contribution in [-0.2, 0) is 14.4 Å². The molecule has 6 nitrogen and oxygen atoms in total. The molecule has 0 atom stereocenters. The van der Waals surface area contributed by atoms with Gasteiger partial charge >= 0.3 is 0 Å². The first-order valence-electron chi connectivity index (χ1n) is 10.3. The average molecular weight is 383 g/mol. The number of hydrogen-bond acceptors (Lipinski definition) is 4. The molecule has 4 rings (SSSR count). The van der Waals surface area contributed by atoms with Crippen molar-refractivity contribution in [2.75, 3.05) is 37.6 Å². The molecule has 0 aromatic heterocycles. The Kier molecular flexibility index (Phi) is 4.89. The molecule has 2 heterocycles. The molecule has 1 aromatic carbocycles. The molecular weight excluding hydrogens is 354 g/mol. The summed E-state index contributed by atoms with van der Waals surface area (Å²) in [5.41, 5.74) is 3.26. The molecule has 1 saturated carbocycles. The molecule has 6 heteroatoms. The van der Waals surface area contributed by atoms with Crippen molar-refractivity contribution in [2.45, 2.75) is 46.0 Å². The molecule has 2 aliphatic heterocycles. The van der Waals surface area contributed by atoms with Crippen molar-refractivity contribution in [1.29, 1.82) is 0 Å². The van der Waals surface area contributed by atoms with Crippen LogP contribution in [0.4, 0.5) is 5.69 Å². The van der Waals surface area contributed by atoms with Crippen LogP contribution < -0.4 is 4.90 Å². The molecule has 2 saturated heterocycles. The summed E-state index contributed by atoms with van der Waals surface area (Å²) < 4.78 is 0. The van der Waals surface area contributed by atoms with E-state index in [9.17, 15) is 14.4 Å². The first-order valence-corrected chi connectivity index (χ1v) is 10.3. The van der Waals surface area contributed by atoms with Crippen LogP contribution >= 0.6 is 0 Å². The van der Waals surface area contributed by atoms with Gasteiger partial charge in [-0.05, 0) is 43.9 Å². The number of piperazine rings is 1. The second-order valence-corrected chi connectivity index (χ2v) is 8.54. The van der Waals surface area contributed by atoms with Crippen molar-refractivity contribution in [1.82, 2.24) is 9.80 Å². The number of nitrogens with zero attached hydrogens (tertiary/aromatic N) is 3. The van der Waals surface area contributed by atoms with Crippen molar-refractivity contribution in [3.8, 4) is 0 Å². The fraction of sp³-hybridized carbons (Fsp3) is 0.591. The van der Waals surface area contributed by atoms with Gasteiger partial charge in [-0.15, -0.1) is 0 Å². The number of amides is 3. The van der Waals surface area contributed by atoms with Crippen molar-refractivity contribution < 1.29 is 14.4 Å². The molecule has 0 bridgehead atoms. The average Bonchev–Trinajstić information content (AvgIpc) is 3.25. The molecular formula is C22H29N3O3. The lowest BCUT2D eigenvalue weighted by Crippen LogP contribution is -2.52. The molecule has 3 amide bonds. The van der Waals surface area contributed by atoms with Crippen LogP contribution in [0.15, 0.2) is 18.2 Å². The Bertz CT molecular complexity index is 805. The van der Waals surface area contributed by atoms with E-state index in [0.717, 1.165) is 38.8 Å². The molecule has 3 aliphatic rings. The number of likely N-dealkylation sites (tertiary alicyclic amines) is 1. The van der Waals surface area contributed by atoms with Gasteiger partial charge in [0.25, 0.3) is 0 Å². The monoisotopic (exact) mass is 383 g/mol. The van der Waals surface area contributed by atoms with Crippen LogP contribution in [0.1, 0.15) is 43.2 Å². The summed E-state index contributed by atoms with van der Waals surface area (Å²) in [6.45, 7) is 6.92. The number of rotatable bonds is 3. The summed E-state index contributed by atoms with van der Waals surface area (Å²) in [4.78, 5) is 43.3. The summed E-state index contributed by atoms with van der Waals surface area (Å²) in [6.07, 6.45) is 3.87. The van der Waals surface area contributed by atoms with Crippen LogP contribution in [0.3, 0.4) is 0 Å². The third-order valence-corrected chi connectivity index (χ3v) is 6.89. The Labute approximate surface area is 166 Å². The molecule has 1 aliphatic carbocycles. The van der Waals surface area contributed by atoms with Gasteiger partial charge in [-0.25, -0.2) is 0 Å². The standard InChI is InChI=1S/C22H29N3O3/c1-16-6-5-7-18(17(16)2)23-10-12-24(13-11-23)20(27)15-25-19(26)14-22(21(25)28)8-3-4-9-22/h5-7H,3-4,8-15H2,1-2H3. The zero-order valence-electron chi connectivity index (χ0n) is 16.9. The van der Waals surface area contributed by atoms with E-state index in [1.165, 1.54) is 21.7 Å². The maximum Gasteiger partial charge on any atom is 0.242 e. The first kappa shape index (κ1) is 19.0. The molecule has 0 unspecified atom stereocenters. The predicted molar refractivity (Wildman–Crippen MR) is 107 cm³/mol. The lowest BCUT2D eigenvalue weighted by Gasteiger charge is -2.37. The van der Waals surface area contributed by atoms with Crippen molar-refractivity contribution in [3.63, 3.8) is 0 Å². The summed E-state index contributed by atoms with van der Waals surface area (Å²) in [7, 11) is 0. The topological polar surface area (TPSA) is 60.9 Å². The van der Waals surface area contributed by atoms with E-state index < -0.39 is 5.41 Å². The number of carbonyl (C=O) groups excluding carboxylic acids is 3. The SMILES string of the molecule is Cc1cccc(N2CCN(C(=O)CN3C(=O)CC4(CCCC4)C3=O)CC2)c1C. The predicted octanol–water partition coefficient (Wildman–Crippen LogP) is 2.27. The van der Waals surface area contributed by atoms with Crippen LogP contribution in [-0.4, -0.2) is 60.2 Å². The van der Waals surface area contributed by atoms with E-state index in [2.05, 4.69) is 36.9 Å². The summed E-state index contributed by atoms with van der Waals surface area (Å²) in [5.74, 6) is -0.399. The second kappa shape index (κ2) is 7.22. The van der Waals surface area contributed by atoms with E-state index in [1.54, 1.807) is 4.90 Å². The fourth-order valence-corrected chi connectivity index (χ4v) is 4.97. The highest BCUT2D eigenvalue weighted by Crippen LogP contribution is 2.46. The van der Waals surface area contributed by atoms with Crippen molar-refractivity contribution in [3.05, 3.63) is 29.3 Å². The number of hydrogen-bond donors (Lipinski definition) is 0. The maximum atomic E-state index is 12.8. The minimum absolute atomic E-state index is 0.0944. The van der Waals surface area contributed by atoms with Crippen LogP contribution in [0, 0.1) is 19.3 Å². The minimum Gasteiger partial charge on any atom is -0.368 e. The summed E-state index contributed by atoms with van der Waals surface area (Å²) >= 11 is 0. The lowest BCUT2D eigenvalue weighted by atomic mass is 9.84. The molecule has 1 aromatic rings. The van der Waals surface area contributed by atoms with Crippen LogP contribution in [0.25, 0.3) is 0 Å². The zero-order valence-corrected chi connectivity index (χ0v) is 16.9. The van der Waals surface area contributed by atoms with Gasteiger partial charge in [-0.2, -0.15) is 0 Å². The molecule has 0 N–H and O–H groups in total. The summed E-state index contributed by atoms with van der Waals surface area (Å²) in [5, 5.41) is 0. The maximum absolute atomic E-state index is 12.8. The fourth-order valence-electron chi connectivity index (χ4n) is 4.97. The zero-order chi connectivity index (χ0) is 19.9. The number of imide groups is 1. The van der Waals surface area contributed by atoms with Gasteiger partial charge in [-0.1, -0.05) is 25.0 Å². The lowest BCUT2D eigenvalue weighted by molar-refractivity contribution is -0.147. The van der Waals surface area contributed by atoms with Crippen LogP contribution in [0.2, 0.25) is 0 Å². The van der Waals surface area contributed by atoms with E-state index in [0.29, 0.717) is 19.5 Å². The van der Waals surface area contributed by atoms with E-state index in [4.69, 9.17) is 0 Å². The highest BCUT2D eigenvalue weighted by Gasteiger charge is 2.53.